The first-order valence-electron chi connectivity index (χ1n) is 10.5. The summed E-state index contributed by atoms with van der Waals surface area (Å²) in [6.45, 7) is 10.6. The van der Waals surface area contributed by atoms with Crippen LogP contribution in [0.4, 0.5) is 0 Å². The number of para-hydroxylation sites is 1. The summed E-state index contributed by atoms with van der Waals surface area (Å²) in [6, 6.07) is 10.4. The van der Waals surface area contributed by atoms with E-state index >= 15 is 0 Å². The fourth-order valence-corrected chi connectivity index (χ4v) is 4.39. The molecule has 0 radical (unpaired) electrons. The lowest BCUT2D eigenvalue weighted by atomic mass is 10.1. The van der Waals surface area contributed by atoms with Crippen LogP contribution in [0.25, 0.3) is 10.9 Å². The molecule has 3 aromatic rings. The van der Waals surface area contributed by atoms with Crippen LogP contribution in [0.15, 0.2) is 36.5 Å². The number of nitrogens with zero attached hydrogens (tertiary/aromatic N) is 5. The van der Waals surface area contributed by atoms with E-state index in [9.17, 15) is 4.79 Å². The second-order valence-electron chi connectivity index (χ2n) is 8.39. The van der Waals surface area contributed by atoms with E-state index in [1.807, 2.05) is 24.1 Å². The summed E-state index contributed by atoms with van der Waals surface area (Å²) in [5.74, 6) is 0.399. The molecule has 1 fully saturated rings. The van der Waals surface area contributed by atoms with Gasteiger partial charge in [-0.1, -0.05) is 49.7 Å². The lowest BCUT2D eigenvalue weighted by Gasteiger charge is -2.34. The summed E-state index contributed by atoms with van der Waals surface area (Å²) in [5.41, 5.74) is 3.53. The zero-order valence-corrected chi connectivity index (χ0v) is 18.6. The third-order valence-corrected chi connectivity index (χ3v) is 5.97. The van der Waals surface area contributed by atoms with Crippen LogP contribution in [0, 0.1) is 12.8 Å². The van der Waals surface area contributed by atoms with E-state index in [-0.39, 0.29) is 5.91 Å². The van der Waals surface area contributed by atoms with Gasteiger partial charge in [-0.05, 0) is 24.5 Å². The third kappa shape index (κ3) is 4.20. The highest BCUT2D eigenvalue weighted by molar-refractivity contribution is 6.33. The summed E-state index contributed by atoms with van der Waals surface area (Å²) < 4.78 is 1.75. The first kappa shape index (κ1) is 20.8. The minimum absolute atomic E-state index is 0.0148. The van der Waals surface area contributed by atoms with Gasteiger partial charge in [-0.25, -0.2) is 0 Å². The van der Waals surface area contributed by atoms with Crippen molar-refractivity contribution in [2.75, 3.05) is 26.2 Å². The van der Waals surface area contributed by atoms with Gasteiger partial charge in [0.2, 0.25) is 0 Å². The Morgan fingerprint density at radius 1 is 1.13 bits per heavy atom. The zero-order valence-electron chi connectivity index (χ0n) is 17.8. The molecule has 1 amide bonds. The molecule has 0 spiro atoms. The number of hydrogen-bond donors (Lipinski definition) is 0. The highest BCUT2D eigenvalue weighted by atomic mass is 35.5. The Hall–Kier alpha value is -2.44. The van der Waals surface area contributed by atoms with Gasteiger partial charge in [-0.3, -0.25) is 19.4 Å². The summed E-state index contributed by atoms with van der Waals surface area (Å²) >= 11 is 6.51. The van der Waals surface area contributed by atoms with Crippen molar-refractivity contribution in [1.29, 1.82) is 0 Å². The van der Waals surface area contributed by atoms with Crippen LogP contribution in [-0.4, -0.2) is 56.7 Å². The summed E-state index contributed by atoms with van der Waals surface area (Å²) in [5, 5.41) is 6.10. The SMILES string of the molecule is Cc1nn(CC(C)C)c(Cl)c1C(=O)N1CCN(Cc2cccc3cccnc23)CC1. The van der Waals surface area contributed by atoms with Gasteiger partial charge in [-0.2, -0.15) is 5.10 Å². The molecule has 0 aliphatic carbocycles. The second kappa shape index (κ2) is 8.74. The fourth-order valence-electron chi connectivity index (χ4n) is 4.07. The number of carbonyl (C=O) groups is 1. The number of aromatic nitrogens is 3. The number of carbonyl (C=O) groups excluding carboxylic acids is 1. The third-order valence-electron chi connectivity index (χ3n) is 5.59. The molecule has 2 aromatic heterocycles. The molecular formula is C23H28ClN5O. The van der Waals surface area contributed by atoms with Crippen LogP contribution in [0.5, 0.6) is 0 Å². The van der Waals surface area contributed by atoms with Crippen molar-refractivity contribution in [2.45, 2.75) is 33.9 Å². The van der Waals surface area contributed by atoms with Crippen molar-refractivity contribution in [2.24, 2.45) is 5.92 Å². The van der Waals surface area contributed by atoms with E-state index in [2.05, 4.69) is 53.1 Å². The number of hydrogen-bond acceptors (Lipinski definition) is 4. The van der Waals surface area contributed by atoms with Crippen LogP contribution < -0.4 is 0 Å². The van der Waals surface area contributed by atoms with Crippen molar-refractivity contribution in [3.63, 3.8) is 0 Å². The van der Waals surface area contributed by atoms with E-state index in [1.165, 1.54) is 5.56 Å². The molecule has 7 heteroatoms. The van der Waals surface area contributed by atoms with Gasteiger partial charge < -0.3 is 4.90 Å². The minimum Gasteiger partial charge on any atom is -0.336 e. The maximum absolute atomic E-state index is 13.1. The number of piperazine rings is 1. The van der Waals surface area contributed by atoms with E-state index in [0.717, 1.165) is 30.5 Å². The Labute approximate surface area is 182 Å². The zero-order chi connectivity index (χ0) is 21.3. The average molecular weight is 426 g/mol. The minimum atomic E-state index is -0.0148. The Balaban J connectivity index is 1.42. The van der Waals surface area contributed by atoms with E-state index in [4.69, 9.17) is 11.6 Å². The largest absolute Gasteiger partial charge is 0.336 e. The Bertz CT molecular complexity index is 1050. The fraction of sp³-hybridized carbons (Fsp3) is 0.435. The van der Waals surface area contributed by atoms with E-state index in [1.54, 1.807) is 4.68 Å². The molecule has 1 saturated heterocycles. The molecule has 0 atom stereocenters. The molecule has 1 aromatic carbocycles. The van der Waals surface area contributed by atoms with E-state index < -0.39 is 0 Å². The normalized spacial score (nSPS) is 15.3. The predicted octanol–water partition coefficient (Wildman–Crippen LogP) is 4.01. The molecule has 3 heterocycles. The van der Waals surface area contributed by atoms with Crippen LogP contribution in [0.3, 0.4) is 0 Å². The van der Waals surface area contributed by atoms with Crippen molar-refractivity contribution >= 4 is 28.4 Å². The molecule has 0 unspecified atom stereocenters. The number of pyridine rings is 1. The van der Waals surface area contributed by atoms with E-state index in [0.29, 0.717) is 42.0 Å². The van der Waals surface area contributed by atoms with Crippen molar-refractivity contribution in [1.82, 2.24) is 24.6 Å². The van der Waals surface area contributed by atoms with Crippen LogP contribution in [-0.2, 0) is 13.1 Å². The number of amides is 1. The van der Waals surface area contributed by atoms with Crippen molar-refractivity contribution < 1.29 is 4.79 Å². The standard InChI is InChI=1S/C23H28ClN5O/c1-16(2)14-29-22(24)20(17(3)26-29)23(30)28-12-10-27(11-13-28)15-19-7-4-6-18-8-5-9-25-21(18)19/h4-9,16H,10-15H2,1-3H3. The quantitative estimate of drug-likeness (QED) is 0.619. The Morgan fingerprint density at radius 3 is 2.60 bits per heavy atom. The first-order valence-corrected chi connectivity index (χ1v) is 10.9. The topological polar surface area (TPSA) is 54.3 Å². The van der Waals surface area contributed by atoms with Gasteiger partial charge in [0.25, 0.3) is 5.91 Å². The molecular weight excluding hydrogens is 398 g/mol. The number of aryl methyl sites for hydroxylation is 1. The molecule has 0 saturated carbocycles. The van der Waals surface area contributed by atoms with Gasteiger partial charge in [0.15, 0.2) is 0 Å². The maximum atomic E-state index is 13.1. The van der Waals surface area contributed by atoms with Gasteiger partial charge >= 0.3 is 0 Å². The smallest absolute Gasteiger partial charge is 0.258 e. The summed E-state index contributed by atoms with van der Waals surface area (Å²) in [4.78, 5) is 22.0. The van der Waals surface area contributed by atoms with Crippen molar-refractivity contribution in [3.8, 4) is 0 Å². The summed E-state index contributed by atoms with van der Waals surface area (Å²) in [7, 11) is 0. The van der Waals surface area contributed by atoms with Gasteiger partial charge in [0.1, 0.15) is 5.15 Å². The number of halogens is 1. The molecule has 6 nitrogen and oxygen atoms in total. The molecule has 30 heavy (non-hydrogen) atoms. The number of fused-ring (bicyclic) bond motifs is 1. The van der Waals surface area contributed by atoms with Crippen LogP contribution in [0.2, 0.25) is 5.15 Å². The lowest BCUT2D eigenvalue weighted by Crippen LogP contribution is -2.48. The Kier molecular flexibility index (Phi) is 6.06. The molecule has 4 rings (SSSR count). The van der Waals surface area contributed by atoms with Crippen LogP contribution in [0.1, 0.15) is 35.5 Å². The number of benzene rings is 1. The summed E-state index contributed by atoms with van der Waals surface area (Å²) in [6.07, 6.45) is 1.84. The molecule has 0 N–H and O–H groups in total. The van der Waals surface area contributed by atoms with Gasteiger partial charge in [0, 0.05) is 50.9 Å². The van der Waals surface area contributed by atoms with Crippen molar-refractivity contribution in [3.05, 3.63) is 58.5 Å². The molecule has 158 valence electrons. The molecule has 1 aliphatic rings. The second-order valence-corrected chi connectivity index (χ2v) is 8.75. The predicted molar refractivity (Wildman–Crippen MR) is 120 cm³/mol. The Morgan fingerprint density at radius 2 is 1.87 bits per heavy atom. The molecule has 0 bridgehead atoms. The monoisotopic (exact) mass is 425 g/mol. The number of rotatable bonds is 5. The van der Waals surface area contributed by atoms with Gasteiger partial charge in [0.05, 0.1) is 16.8 Å². The highest BCUT2D eigenvalue weighted by Gasteiger charge is 2.28. The lowest BCUT2D eigenvalue weighted by molar-refractivity contribution is 0.0628. The first-order chi connectivity index (χ1) is 14.4. The molecule has 1 aliphatic heterocycles. The maximum Gasteiger partial charge on any atom is 0.258 e. The van der Waals surface area contributed by atoms with Crippen LogP contribution >= 0.6 is 11.6 Å². The highest BCUT2D eigenvalue weighted by Crippen LogP contribution is 2.24. The van der Waals surface area contributed by atoms with Gasteiger partial charge in [-0.15, -0.1) is 0 Å². The average Bonchev–Trinajstić information content (AvgIpc) is 3.00.